The smallest absolute Gasteiger partial charge is 0.164 e. The zero-order chi connectivity index (χ0) is 39.2. The summed E-state index contributed by atoms with van der Waals surface area (Å²) in [4.78, 5) is 14.9. The molecule has 59 heavy (non-hydrogen) atoms. The average molecular weight is 752 g/mol. The molecule has 1 heterocycles. The summed E-state index contributed by atoms with van der Waals surface area (Å²) < 4.78 is 0. The van der Waals surface area contributed by atoms with Gasteiger partial charge in [0.05, 0.1) is 5.41 Å². The zero-order valence-corrected chi connectivity index (χ0v) is 32.2. The van der Waals surface area contributed by atoms with E-state index >= 15 is 0 Å². The molecule has 11 rings (SSSR count). The van der Waals surface area contributed by atoms with Gasteiger partial charge in [0.15, 0.2) is 17.5 Å². The van der Waals surface area contributed by atoms with Gasteiger partial charge in [-0.05, 0) is 78.5 Å². The Morgan fingerprint density at radius 3 is 1.32 bits per heavy atom. The van der Waals surface area contributed by atoms with Gasteiger partial charge in [0.25, 0.3) is 0 Å². The molecule has 0 amide bonds. The molecule has 0 N–H and O–H groups in total. The van der Waals surface area contributed by atoms with Crippen molar-refractivity contribution in [2.45, 2.75) is 5.41 Å². The molecule has 1 aromatic heterocycles. The summed E-state index contributed by atoms with van der Waals surface area (Å²) in [5, 5.41) is 2.49. The zero-order valence-electron chi connectivity index (χ0n) is 32.2. The monoisotopic (exact) mass is 751 g/mol. The summed E-state index contributed by atoms with van der Waals surface area (Å²) in [5.74, 6) is 1.94. The number of benzene rings is 9. The Morgan fingerprint density at radius 2 is 0.712 bits per heavy atom. The molecule has 3 heteroatoms. The van der Waals surface area contributed by atoms with Crippen LogP contribution in [-0.4, -0.2) is 15.0 Å². The van der Waals surface area contributed by atoms with Gasteiger partial charge in [-0.3, -0.25) is 0 Å². The SMILES string of the molecule is c1ccc(-c2nc(-c3ccccc3)nc(-c3cccc(-c4cccc(-c5cccc6c7c(ccc56)C(c5ccccc5)(c5ccccc5)c5ccccc5-7)c4)c3)n2)cc1. The lowest BCUT2D eigenvalue weighted by atomic mass is 9.67. The molecular weight excluding hydrogens is 715 g/mol. The highest BCUT2D eigenvalue weighted by Gasteiger charge is 2.46. The van der Waals surface area contributed by atoms with Gasteiger partial charge in [-0.15, -0.1) is 0 Å². The molecule has 0 fully saturated rings. The van der Waals surface area contributed by atoms with Crippen LogP contribution < -0.4 is 0 Å². The maximum Gasteiger partial charge on any atom is 0.164 e. The Hall–Kier alpha value is -7.75. The molecule has 10 aromatic rings. The van der Waals surface area contributed by atoms with Crippen LogP contribution in [-0.2, 0) is 5.41 Å². The van der Waals surface area contributed by atoms with E-state index in [1.165, 1.54) is 55.3 Å². The predicted octanol–water partition coefficient (Wildman–Crippen LogP) is 13.7. The van der Waals surface area contributed by atoms with E-state index in [9.17, 15) is 0 Å². The highest BCUT2D eigenvalue weighted by atomic mass is 15.0. The van der Waals surface area contributed by atoms with Gasteiger partial charge in [-0.1, -0.05) is 212 Å². The Kier molecular flexibility index (Phi) is 8.37. The Balaban J connectivity index is 1.03. The molecule has 0 radical (unpaired) electrons. The van der Waals surface area contributed by atoms with Crippen LogP contribution in [0.1, 0.15) is 22.3 Å². The topological polar surface area (TPSA) is 38.7 Å². The summed E-state index contributed by atoms with van der Waals surface area (Å²) in [6.45, 7) is 0. The van der Waals surface area contributed by atoms with Crippen molar-refractivity contribution in [3.05, 3.63) is 247 Å². The van der Waals surface area contributed by atoms with Gasteiger partial charge in [0, 0.05) is 16.7 Å². The fraction of sp³-hybridized carbons (Fsp3) is 0.0179. The molecule has 1 aliphatic carbocycles. The fourth-order valence-corrected chi connectivity index (χ4v) is 9.19. The first-order valence-electron chi connectivity index (χ1n) is 20.1. The summed E-state index contributed by atoms with van der Waals surface area (Å²) in [6, 6.07) is 80.2. The number of rotatable bonds is 7. The molecule has 9 aromatic carbocycles. The van der Waals surface area contributed by atoms with E-state index < -0.39 is 5.41 Å². The summed E-state index contributed by atoms with van der Waals surface area (Å²) >= 11 is 0. The summed E-state index contributed by atoms with van der Waals surface area (Å²) in [6.07, 6.45) is 0. The second kappa shape index (κ2) is 14.3. The Bertz CT molecular complexity index is 3040. The van der Waals surface area contributed by atoms with Gasteiger partial charge in [-0.25, -0.2) is 15.0 Å². The van der Waals surface area contributed by atoms with Gasteiger partial charge in [-0.2, -0.15) is 0 Å². The molecule has 3 nitrogen and oxygen atoms in total. The highest BCUT2D eigenvalue weighted by molar-refractivity contribution is 6.09. The van der Waals surface area contributed by atoms with E-state index in [4.69, 9.17) is 15.0 Å². The molecular formula is C56H37N3. The molecule has 0 aliphatic heterocycles. The van der Waals surface area contributed by atoms with Crippen molar-refractivity contribution in [1.29, 1.82) is 0 Å². The van der Waals surface area contributed by atoms with Crippen LogP contribution in [0.2, 0.25) is 0 Å². The third-order valence-electron chi connectivity index (χ3n) is 11.8. The van der Waals surface area contributed by atoms with E-state index in [1.807, 2.05) is 60.7 Å². The largest absolute Gasteiger partial charge is 0.208 e. The van der Waals surface area contributed by atoms with Crippen molar-refractivity contribution in [1.82, 2.24) is 15.0 Å². The van der Waals surface area contributed by atoms with Crippen LogP contribution in [0.5, 0.6) is 0 Å². The number of nitrogens with zero attached hydrogens (tertiary/aromatic N) is 3. The van der Waals surface area contributed by atoms with Crippen LogP contribution in [0.25, 0.3) is 78.3 Å². The molecule has 276 valence electrons. The van der Waals surface area contributed by atoms with Crippen LogP contribution in [0, 0.1) is 0 Å². The van der Waals surface area contributed by atoms with Crippen LogP contribution in [0.15, 0.2) is 224 Å². The summed E-state index contributed by atoms with van der Waals surface area (Å²) in [5.41, 5.74) is 14.8. The van der Waals surface area contributed by atoms with E-state index in [2.05, 4.69) is 164 Å². The first-order chi connectivity index (χ1) is 29.3. The predicted molar refractivity (Wildman–Crippen MR) is 242 cm³/mol. The lowest BCUT2D eigenvalue weighted by Gasteiger charge is -2.34. The van der Waals surface area contributed by atoms with Crippen LogP contribution in [0.3, 0.4) is 0 Å². The van der Waals surface area contributed by atoms with E-state index in [-0.39, 0.29) is 0 Å². The number of aromatic nitrogens is 3. The summed E-state index contributed by atoms with van der Waals surface area (Å²) in [7, 11) is 0. The maximum absolute atomic E-state index is 5.00. The van der Waals surface area contributed by atoms with Crippen LogP contribution >= 0.6 is 0 Å². The first kappa shape index (κ1) is 34.5. The standard InChI is InChI=1S/C56H37N3/c1-5-18-38(19-6-1)53-57-54(39-20-7-2-8-21-39)59-55(58-53)43-25-16-23-41(37-43)40-22-15-24-42(36-40)46-31-17-32-48-47(46)34-35-51-52(48)49-30-13-14-33-50(49)56(51,44-26-9-3-10-27-44)45-28-11-4-12-29-45/h1-37H. The quantitative estimate of drug-likeness (QED) is 0.163. The van der Waals surface area contributed by atoms with E-state index in [1.54, 1.807) is 0 Å². The lowest BCUT2D eigenvalue weighted by Crippen LogP contribution is -2.28. The minimum absolute atomic E-state index is 0.439. The van der Waals surface area contributed by atoms with Gasteiger partial charge < -0.3 is 0 Å². The van der Waals surface area contributed by atoms with Gasteiger partial charge in [0.1, 0.15) is 0 Å². The third-order valence-corrected chi connectivity index (χ3v) is 11.8. The minimum atomic E-state index is -0.439. The number of hydrogen-bond acceptors (Lipinski definition) is 3. The number of fused-ring (bicyclic) bond motifs is 5. The maximum atomic E-state index is 5.00. The second-order valence-corrected chi connectivity index (χ2v) is 15.1. The van der Waals surface area contributed by atoms with Crippen molar-refractivity contribution in [3.8, 4) is 67.5 Å². The van der Waals surface area contributed by atoms with Crippen molar-refractivity contribution in [3.63, 3.8) is 0 Å². The Morgan fingerprint density at radius 1 is 0.271 bits per heavy atom. The van der Waals surface area contributed by atoms with Crippen molar-refractivity contribution in [2.24, 2.45) is 0 Å². The fourth-order valence-electron chi connectivity index (χ4n) is 9.19. The lowest BCUT2D eigenvalue weighted by molar-refractivity contribution is 0.769. The third kappa shape index (κ3) is 5.78. The van der Waals surface area contributed by atoms with Crippen molar-refractivity contribution >= 4 is 10.8 Å². The highest BCUT2D eigenvalue weighted by Crippen LogP contribution is 2.58. The molecule has 0 saturated carbocycles. The molecule has 0 unspecified atom stereocenters. The Labute approximate surface area is 344 Å². The minimum Gasteiger partial charge on any atom is -0.208 e. The molecule has 0 atom stereocenters. The molecule has 1 aliphatic rings. The molecule has 0 bridgehead atoms. The van der Waals surface area contributed by atoms with Crippen molar-refractivity contribution < 1.29 is 0 Å². The van der Waals surface area contributed by atoms with E-state index in [0.29, 0.717) is 17.5 Å². The van der Waals surface area contributed by atoms with Crippen LogP contribution in [0.4, 0.5) is 0 Å². The molecule has 0 spiro atoms. The van der Waals surface area contributed by atoms with Gasteiger partial charge >= 0.3 is 0 Å². The second-order valence-electron chi connectivity index (χ2n) is 15.1. The normalized spacial score (nSPS) is 12.5. The molecule has 0 saturated heterocycles. The van der Waals surface area contributed by atoms with Gasteiger partial charge in [0.2, 0.25) is 0 Å². The first-order valence-corrected chi connectivity index (χ1v) is 20.1. The average Bonchev–Trinajstić information content (AvgIpc) is 3.64. The van der Waals surface area contributed by atoms with Crippen molar-refractivity contribution in [2.75, 3.05) is 0 Å². The van der Waals surface area contributed by atoms with E-state index in [0.717, 1.165) is 27.8 Å². The number of hydrogen-bond donors (Lipinski definition) is 0.